The summed E-state index contributed by atoms with van der Waals surface area (Å²) in [6.07, 6.45) is 3.11. The number of rotatable bonds is 6. The molecule has 0 spiro atoms. The minimum absolute atomic E-state index is 0. The quantitative estimate of drug-likeness (QED) is 0.338. The van der Waals surface area contributed by atoms with Crippen LogP contribution < -0.4 is 5.32 Å². The summed E-state index contributed by atoms with van der Waals surface area (Å²) in [6.45, 7) is 11.1. The highest BCUT2D eigenvalue weighted by Gasteiger charge is 2.30. The summed E-state index contributed by atoms with van der Waals surface area (Å²) in [5, 5.41) is 4.22. The van der Waals surface area contributed by atoms with Crippen molar-refractivity contribution in [2.45, 2.75) is 39.2 Å². The van der Waals surface area contributed by atoms with E-state index in [9.17, 15) is 4.79 Å². The normalized spacial score (nSPS) is 18.8. The van der Waals surface area contributed by atoms with E-state index in [-0.39, 0.29) is 35.9 Å². The summed E-state index contributed by atoms with van der Waals surface area (Å²) < 4.78 is 0. The molecular weight excluding hydrogens is 513 g/mol. The first-order valence-corrected chi connectivity index (χ1v) is 11.3. The van der Waals surface area contributed by atoms with E-state index in [0.717, 1.165) is 81.6 Å². The van der Waals surface area contributed by atoms with Crippen LogP contribution in [-0.2, 0) is 11.2 Å². The van der Waals surface area contributed by atoms with Gasteiger partial charge < -0.3 is 15.1 Å². The highest BCUT2D eigenvalue weighted by molar-refractivity contribution is 14.0. The number of hydrogen-bond acceptors (Lipinski definition) is 3. The predicted octanol–water partition coefficient (Wildman–Crippen LogP) is 3.09. The summed E-state index contributed by atoms with van der Waals surface area (Å²) in [5.74, 6) is 1.24. The lowest BCUT2D eigenvalue weighted by Crippen LogP contribution is -2.57. The number of piperazine rings is 1. The zero-order valence-electron chi connectivity index (χ0n) is 18.1. The van der Waals surface area contributed by atoms with Crippen LogP contribution in [0, 0.1) is 0 Å². The molecule has 6 nitrogen and oxygen atoms in total. The molecule has 2 aliphatic heterocycles. The van der Waals surface area contributed by atoms with Gasteiger partial charge in [0.25, 0.3) is 0 Å². The molecule has 2 saturated heterocycles. The molecule has 1 N–H and O–H groups in total. The Morgan fingerprint density at radius 3 is 2.40 bits per heavy atom. The highest BCUT2D eigenvalue weighted by atomic mass is 127. The summed E-state index contributed by atoms with van der Waals surface area (Å²) >= 11 is 6.26. The number of aliphatic imine (C=N–C) groups is 1. The molecule has 2 heterocycles. The maximum atomic E-state index is 12.7. The van der Waals surface area contributed by atoms with Crippen LogP contribution in [0.1, 0.15) is 32.3 Å². The van der Waals surface area contributed by atoms with Crippen LogP contribution in [0.15, 0.2) is 29.3 Å². The molecule has 3 rings (SSSR count). The van der Waals surface area contributed by atoms with Gasteiger partial charge in [0.2, 0.25) is 5.91 Å². The Bertz CT molecular complexity index is 703. The van der Waals surface area contributed by atoms with E-state index in [2.05, 4.69) is 35.0 Å². The number of carbonyl (C=O) groups excluding carboxylic acids is 1. The first-order chi connectivity index (χ1) is 14.1. The van der Waals surface area contributed by atoms with Crippen molar-refractivity contribution in [1.82, 2.24) is 20.0 Å². The number of nitrogens with one attached hydrogen (secondary N) is 1. The third-order valence-electron chi connectivity index (χ3n) is 5.87. The molecule has 1 aromatic rings. The minimum Gasteiger partial charge on any atom is -0.357 e. The summed E-state index contributed by atoms with van der Waals surface area (Å²) in [6, 6.07) is 7.92. The molecule has 1 amide bonds. The fraction of sp³-hybridized carbons (Fsp3) is 0.636. The number of guanidine groups is 1. The second kappa shape index (κ2) is 12.7. The SMILES string of the molecule is CCNC(=NCCc1ccccc1Cl)N1CCN(C(C)C(=O)N2CCCC2)CC1.I. The number of likely N-dealkylation sites (tertiary alicyclic amines) is 1. The second-order valence-electron chi connectivity index (χ2n) is 7.81. The molecule has 0 aromatic heterocycles. The zero-order valence-corrected chi connectivity index (χ0v) is 21.2. The van der Waals surface area contributed by atoms with Gasteiger partial charge in [-0.15, -0.1) is 24.0 Å². The van der Waals surface area contributed by atoms with E-state index in [1.165, 1.54) is 0 Å². The number of hydrogen-bond donors (Lipinski definition) is 1. The van der Waals surface area contributed by atoms with Crippen molar-refractivity contribution in [3.8, 4) is 0 Å². The third-order valence-corrected chi connectivity index (χ3v) is 6.24. The Kier molecular flexibility index (Phi) is 10.7. The summed E-state index contributed by atoms with van der Waals surface area (Å²) in [5.41, 5.74) is 1.13. The van der Waals surface area contributed by atoms with Gasteiger partial charge in [0, 0.05) is 57.4 Å². The van der Waals surface area contributed by atoms with E-state index in [4.69, 9.17) is 16.6 Å². The van der Waals surface area contributed by atoms with Crippen LogP contribution in [-0.4, -0.2) is 85.0 Å². The van der Waals surface area contributed by atoms with Crippen LogP contribution >= 0.6 is 35.6 Å². The fourth-order valence-electron chi connectivity index (χ4n) is 4.09. The maximum absolute atomic E-state index is 12.7. The topological polar surface area (TPSA) is 51.2 Å². The predicted molar refractivity (Wildman–Crippen MR) is 135 cm³/mol. The average molecular weight is 548 g/mol. The van der Waals surface area contributed by atoms with Crippen molar-refractivity contribution >= 4 is 47.4 Å². The Hall–Kier alpha value is -1.06. The van der Waals surface area contributed by atoms with Crippen LogP contribution in [0.2, 0.25) is 5.02 Å². The minimum atomic E-state index is -0.0324. The summed E-state index contributed by atoms with van der Waals surface area (Å²) in [7, 11) is 0. The van der Waals surface area contributed by atoms with E-state index in [1.807, 2.05) is 23.1 Å². The molecule has 1 atom stereocenters. The van der Waals surface area contributed by atoms with Gasteiger partial charge in [-0.1, -0.05) is 29.8 Å². The van der Waals surface area contributed by atoms with E-state index in [1.54, 1.807) is 0 Å². The van der Waals surface area contributed by atoms with Crippen molar-refractivity contribution in [1.29, 1.82) is 0 Å². The molecular formula is C22H35ClIN5O. The van der Waals surface area contributed by atoms with Gasteiger partial charge in [-0.25, -0.2) is 0 Å². The lowest BCUT2D eigenvalue weighted by atomic mass is 10.1. The van der Waals surface area contributed by atoms with E-state index < -0.39 is 0 Å². The van der Waals surface area contributed by atoms with Gasteiger partial charge in [-0.2, -0.15) is 0 Å². The second-order valence-corrected chi connectivity index (χ2v) is 8.22. The first kappa shape index (κ1) is 25.2. The van der Waals surface area contributed by atoms with E-state index in [0.29, 0.717) is 6.54 Å². The van der Waals surface area contributed by atoms with Crippen molar-refractivity contribution in [3.05, 3.63) is 34.9 Å². The molecule has 168 valence electrons. The van der Waals surface area contributed by atoms with Gasteiger partial charge in [-0.3, -0.25) is 14.7 Å². The molecule has 1 unspecified atom stereocenters. The van der Waals surface area contributed by atoms with E-state index >= 15 is 0 Å². The average Bonchev–Trinajstić information content (AvgIpc) is 3.28. The molecule has 30 heavy (non-hydrogen) atoms. The zero-order chi connectivity index (χ0) is 20.6. The van der Waals surface area contributed by atoms with Crippen LogP contribution in [0.25, 0.3) is 0 Å². The van der Waals surface area contributed by atoms with Gasteiger partial charge in [0.05, 0.1) is 6.04 Å². The number of nitrogens with zero attached hydrogens (tertiary/aromatic N) is 4. The smallest absolute Gasteiger partial charge is 0.239 e. The Balaban J connectivity index is 0.00000320. The summed E-state index contributed by atoms with van der Waals surface area (Å²) in [4.78, 5) is 24.2. The monoisotopic (exact) mass is 547 g/mol. The number of carbonyl (C=O) groups is 1. The highest BCUT2D eigenvalue weighted by Crippen LogP contribution is 2.16. The molecule has 2 aliphatic rings. The molecule has 2 fully saturated rings. The van der Waals surface area contributed by atoms with Gasteiger partial charge in [0.15, 0.2) is 5.96 Å². The van der Waals surface area contributed by atoms with Crippen molar-refractivity contribution in [3.63, 3.8) is 0 Å². The number of halogens is 2. The van der Waals surface area contributed by atoms with Crippen LogP contribution in [0.3, 0.4) is 0 Å². The van der Waals surface area contributed by atoms with Crippen molar-refractivity contribution in [2.75, 3.05) is 52.4 Å². The van der Waals surface area contributed by atoms with Crippen LogP contribution in [0.5, 0.6) is 0 Å². The largest absolute Gasteiger partial charge is 0.357 e. The Labute approximate surface area is 203 Å². The molecule has 1 aromatic carbocycles. The lowest BCUT2D eigenvalue weighted by Gasteiger charge is -2.39. The van der Waals surface area contributed by atoms with Crippen LogP contribution in [0.4, 0.5) is 0 Å². The lowest BCUT2D eigenvalue weighted by molar-refractivity contribution is -0.135. The standard InChI is InChI=1S/C22H34ClN5O.HI/c1-3-24-22(25-11-10-19-8-4-5-9-20(19)23)28-16-14-26(15-17-28)18(2)21(29)27-12-6-7-13-27;/h4-5,8-9,18H,3,6-7,10-17H2,1-2H3,(H,24,25);1H. The van der Waals surface area contributed by atoms with Gasteiger partial charge in [-0.05, 0) is 44.7 Å². The molecule has 0 bridgehead atoms. The maximum Gasteiger partial charge on any atom is 0.239 e. The molecule has 8 heteroatoms. The molecule has 0 saturated carbocycles. The van der Waals surface area contributed by atoms with Crippen molar-refractivity contribution in [2.24, 2.45) is 4.99 Å². The van der Waals surface area contributed by atoms with Crippen molar-refractivity contribution < 1.29 is 4.79 Å². The number of amides is 1. The van der Waals surface area contributed by atoms with Gasteiger partial charge in [0.1, 0.15) is 0 Å². The first-order valence-electron chi connectivity index (χ1n) is 10.9. The molecule has 0 aliphatic carbocycles. The number of benzene rings is 1. The fourth-order valence-corrected chi connectivity index (χ4v) is 4.32. The molecule has 0 radical (unpaired) electrons. The Morgan fingerprint density at radius 2 is 1.77 bits per heavy atom. The van der Waals surface area contributed by atoms with Gasteiger partial charge >= 0.3 is 0 Å². The Morgan fingerprint density at radius 1 is 1.10 bits per heavy atom. The third kappa shape index (κ3) is 6.72.